The Labute approximate surface area is 180 Å². The van der Waals surface area contributed by atoms with Gasteiger partial charge in [-0.3, -0.25) is 15.6 Å². The van der Waals surface area contributed by atoms with Crippen molar-refractivity contribution < 1.29 is 4.79 Å². The Kier molecular flexibility index (Phi) is 5.92. The summed E-state index contributed by atoms with van der Waals surface area (Å²) in [4.78, 5) is 24.2. The van der Waals surface area contributed by atoms with E-state index < -0.39 is 0 Å². The molecule has 0 saturated carbocycles. The molecule has 0 atom stereocenters. The molecule has 0 aliphatic carbocycles. The quantitative estimate of drug-likeness (QED) is 0.341. The number of hydrogen-bond acceptors (Lipinski definition) is 5. The molecule has 0 unspecified atom stereocenters. The van der Waals surface area contributed by atoms with Crippen molar-refractivity contribution in [1.29, 1.82) is 0 Å². The molecule has 1 fully saturated rings. The predicted octanol–water partition coefficient (Wildman–Crippen LogP) is 3.35. The Morgan fingerprint density at radius 3 is 2.41 bits per heavy atom. The molecule has 8 heteroatoms. The van der Waals surface area contributed by atoms with Crippen LogP contribution in [0.3, 0.4) is 0 Å². The van der Waals surface area contributed by atoms with E-state index in [1.165, 1.54) is 0 Å². The summed E-state index contributed by atoms with van der Waals surface area (Å²) in [7, 11) is 0. The van der Waals surface area contributed by atoms with Crippen LogP contribution in [0, 0.1) is 5.92 Å². The smallest absolute Gasteiger partial charge is 0.241 e. The number of para-hydroxylation sites is 1. The van der Waals surface area contributed by atoms with Crippen molar-refractivity contribution in [2.45, 2.75) is 12.8 Å². The van der Waals surface area contributed by atoms with Gasteiger partial charge in [-0.15, -0.1) is 12.6 Å². The maximum Gasteiger partial charge on any atom is 0.241 e. The highest BCUT2D eigenvalue weighted by Crippen LogP contribution is 2.30. The van der Waals surface area contributed by atoms with E-state index in [4.69, 9.17) is 22.2 Å². The number of thiol groups is 1. The first kappa shape index (κ1) is 19.6. The van der Waals surface area contributed by atoms with E-state index >= 15 is 0 Å². The van der Waals surface area contributed by atoms with E-state index in [9.17, 15) is 4.79 Å². The van der Waals surface area contributed by atoms with Crippen LogP contribution in [0.1, 0.15) is 12.8 Å². The van der Waals surface area contributed by atoms with Crippen LogP contribution < -0.4 is 15.8 Å². The number of amides is 1. The summed E-state index contributed by atoms with van der Waals surface area (Å²) in [5.41, 5.74) is 7.12. The van der Waals surface area contributed by atoms with Crippen molar-refractivity contribution in [2.24, 2.45) is 5.92 Å². The molecule has 2 heterocycles. The van der Waals surface area contributed by atoms with Crippen molar-refractivity contribution >= 4 is 51.8 Å². The fourth-order valence-corrected chi connectivity index (χ4v) is 3.69. The summed E-state index contributed by atoms with van der Waals surface area (Å²) >= 11 is 8.77. The Morgan fingerprint density at radius 1 is 1.00 bits per heavy atom. The van der Waals surface area contributed by atoms with Gasteiger partial charge in [0.2, 0.25) is 5.91 Å². The van der Waals surface area contributed by atoms with Crippen molar-refractivity contribution in [1.82, 2.24) is 20.8 Å². The third-order valence-corrected chi connectivity index (χ3v) is 5.29. The first-order valence-electron chi connectivity index (χ1n) is 9.48. The molecule has 6 nitrogen and oxygen atoms in total. The van der Waals surface area contributed by atoms with E-state index in [1.807, 2.05) is 48.5 Å². The van der Waals surface area contributed by atoms with Gasteiger partial charge in [0, 0.05) is 30.0 Å². The zero-order valence-corrected chi connectivity index (χ0v) is 17.4. The van der Waals surface area contributed by atoms with Gasteiger partial charge in [-0.25, -0.2) is 9.97 Å². The summed E-state index contributed by atoms with van der Waals surface area (Å²) in [5, 5.41) is 1.03. The molecule has 4 rings (SSSR count). The highest BCUT2D eigenvalue weighted by Gasteiger charge is 2.27. The summed E-state index contributed by atoms with van der Waals surface area (Å²) in [5.74, 6) is 1.51. The molecule has 148 valence electrons. The maximum absolute atomic E-state index is 12.3. The lowest BCUT2D eigenvalue weighted by Crippen LogP contribution is -2.46. The Morgan fingerprint density at radius 2 is 1.69 bits per heavy atom. The number of nitrogens with one attached hydrogen (secondary N) is 2. The third kappa shape index (κ3) is 4.49. The average Bonchev–Trinajstić information content (AvgIpc) is 2.77. The Balaban J connectivity index is 1.58. The van der Waals surface area contributed by atoms with Gasteiger partial charge in [-0.1, -0.05) is 54.7 Å². The van der Waals surface area contributed by atoms with Crippen molar-refractivity contribution in [3.8, 4) is 11.4 Å². The summed E-state index contributed by atoms with van der Waals surface area (Å²) in [6, 6.07) is 18.1. The number of thiocarbonyl (C=S) groups is 1. The highest BCUT2D eigenvalue weighted by molar-refractivity contribution is 8.11. The molecular weight excluding hydrogens is 402 g/mol. The van der Waals surface area contributed by atoms with Gasteiger partial charge in [0.25, 0.3) is 0 Å². The molecule has 0 bridgehead atoms. The largest absolute Gasteiger partial charge is 0.356 e. The lowest BCUT2D eigenvalue weighted by atomic mass is 9.96. The number of nitrogens with zero attached hydrogens (tertiary/aromatic N) is 3. The second kappa shape index (κ2) is 8.75. The van der Waals surface area contributed by atoms with Crippen LogP contribution >= 0.6 is 24.8 Å². The van der Waals surface area contributed by atoms with Gasteiger partial charge in [-0.2, -0.15) is 0 Å². The number of piperidine rings is 1. The molecule has 1 saturated heterocycles. The summed E-state index contributed by atoms with van der Waals surface area (Å²) in [6.07, 6.45) is 1.48. The van der Waals surface area contributed by atoms with E-state index in [1.54, 1.807) is 0 Å². The molecule has 0 radical (unpaired) electrons. The molecule has 3 aromatic rings. The highest BCUT2D eigenvalue weighted by atomic mass is 32.1. The van der Waals surface area contributed by atoms with Crippen molar-refractivity contribution in [2.75, 3.05) is 18.0 Å². The standard InChI is InChI=1S/C21H21N5OS2/c27-20(24-25-21(28)29)15-10-12-26(13-11-15)19-16-8-4-5-9-17(16)22-18(23-19)14-6-2-1-3-7-14/h1-9,15H,10-13H2,(H,24,27)(H2,25,28,29). The lowest BCUT2D eigenvalue weighted by Gasteiger charge is -2.33. The van der Waals surface area contributed by atoms with Crippen LogP contribution in [-0.2, 0) is 4.79 Å². The van der Waals surface area contributed by atoms with Crippen molar-refractivity contribution in [3.63, 3.8) is 0 Å². The number of fused-ring (bicyclic) bond motifs is 1. The van der Waals surface area contributed by atoms with Gasteiger partial charge >= 0.3 is 0 Å². The summed E-state index contributed by atoms with van der Waals surface area (Å²) in [6.45, 7) is 1.50. The minimum Gasteiger partial charge on any atom is -0.356 e. The van der Waals surface area contributed by atoms with Gasteiger partial charge in [0.15, 0.2) is 5.82 Å². The number of carbonyl (C=O) groups is 1. The van der Waals surface area contributed by atoms with Crippen LogP contribution in [0.2, 0.25) is 0 Å². The number of benzene rings is 2. The lowest BCUT2D eigenvalue weighted by molar-refractivity contribution is -0.126. The Hall–Kier alpha value is -2.71. The van der Waals surface area contributed by atoms with Crippen LogP contribution in [0.5, 0.6) is 0 Å². The van der Waals surface area contributed by atoms with Gasteiger partial charge in [-0.05, 0) is 25.0 Å². The number of aromatic nitrogens is 2. The number of anilines is 1. The van der Waals surface area contributed by atoms with Crippen molar-refractivity contribution in [3.05, 3.63) is 54.6 Å². The predicted molar refractivity (Wildman–Crippen MR) is 123 cm³/mol. The monoisotopic (exact) mass is 423 g/mol. The number of hydrazine groups is 1. The topological polar surface area (TPSA) is 70.2 Å². The normalized spacial score (nSPS) is 14.6. The minimum atomic E-state index is -0.0665. The van der Waals surface area contributed by atoms with Gasteiger partial charge < -0.3 is 4.90 Å². The third-order valence-electron chi connectivity index (χ3n) is 5.07. The molecule has 1 amide bonds. The first-order valence-corrected chi connectivity index (χ1v) is 10.3. The second-order valence-corrected chi connectivity index (χ2v) is 8.09. The van der Waals surface area contributed by atoms with E-state index in [0.717, 1.165) is 48.2 Å². The molecule has 2 aromatic carbocycles. The van der Waals surface area contributed by atoms with Crippen LogP contribution in [0.15, 0.2) is 54.6 Å². The molecule has 1 aliphatic rings. The molecule has 29 heavy (non-hydrogen) atoms. The van der Waals surface area contributed by atoms with Crippen LogP contribution in [-0.4, -0.2) is 33.3 Å². The first-order chi connectivity index (χ1) is 14.1. The molecule has 1 aromatic heterocycles. The zero-order chi connectivity index (χ0) is 20.2. The van der Waals surface area contributed by atoms with Crippen LogP contribution in [0.4, 0.5) is 5.82 Å². The summed E-state index contributed by atoms with van der Waals surface area (Å²) < 4.78 is 0.247. The zero-order valence-electron chi connectivity index (χ0n) is 15.7. The fraction of sp³-hybridized carbons (Fsp3) is 0.238. The van der Waals surface area contributed by atoms with E-state index in [-0.39, 0.29) is 16.1 Å². The number of carbonyl (C=O) groups excluding carboxylic acids is 1. The second-order valence-electron chi connectivity index (χ2n) is 6.93. The molecule has 2 N–H and O–H groups in total. The fourth-order valence-electron chi connectivity index (χ4n) is 3.59. The molecule has 1 aliphatic heterocycles. The number of hydrogen-bond donors (Lipinski definition) is 3. The van der Waals surface area contributed by atoms with Gasteiger partial charge in [0.1, 0.15) is 10.1 Å². The Bertz CT molecular complexity index is 1040. The SMILES string of the molecule is O=C(NNC(=S)S)C1CCN(c2nc(-c3ccccc3)nc3ccccc23)CC1. The van der Waals surface area contributed by atoms with E-state index in [2.05, 4.69) is 34.4 Å². The minimum absolute atomic E-state index is 0.0569. The average molecular weight is 424 g/mol. The van der Waals surface area contributed by atoms with Crippen LogP contribution in [0.25, 0.3) is 22.3 Å². The van der Waals surface area contributed by atoms with E-state index in [0.29, 0.717) is 5.82 Å². The molecular formula is C21H21N5OS2. The van der Waals surface area contributed by atoms with Gasteiger partial charge in [0.05, 0.1) is 5.52 Å². The maximum atomic E-state index is 12.3. The molecule has 0 spiro atoms. The number of rotatable bonds is 3.